The summed E-state index contributed by atoms with van der Waals surface area (Å²) in [5, 5.41) is 2.70. The van der Waals surface area contributed by atoms with E-state index in [-0.39, 0.29) is 10.8 Å². The third kappa shape index (κ3) is 4.96. The van der Waals surface area contributed by atoms with Crippen molar-refractivity contribution in [3.63, 3.8) is 0 Å². The van der Waals surface area contributed by atoms with Crippen LogP contribution in [0.1, 0.15) is 18.4 Å². The van der Waals surface area contributed by atoms with Crippen molar-refractivity contribution in [2.45, 2.75) is 17.7 Å². The number of hydrogen-bond acceptors (Lipinski definition) is 5. The Hall–Kier alpha value is -2.84. The third-order valence-electron chi connectivity index (χ3n) is 4.66. The lowest BCUT2D eigenvalue weighted by Crippen LogP contribution is -2.27. The molecule has 7 nitrogen and oxygen atoms in total. The molecular formula is C21H24N2O5S. The van der Waals surface area contributed by atoms with Crippen LogP contribution >= 0.6 is 0 Å². The molecule has 0 radical (unpaired) electrons. The van der Waals surface area contributed by atoms with Gasteiger partial charge in [-0.05, 0) is 49.2 Å². The fourth-order valence-corrected chi connectivity index (χ4v) is 4.68. The van der Waals surface area contributed by atoms with Gasteiger partial charge in [0.25, 0.3) is 0 Å². The molecule has 0 saturated carbocycles. The fourth-order valence-electron chi connectivity index (χ4n) is 3.12. The largest absolute Gasteiger partial charge is 0.497 e. The molecule has 1 aliphatic rings. The van der Waals surface area contributed by atoms with E-state index >= 15 is 0 Å². The standard InChI is InChI=1S/C21H24N2O5S/c1-27-18-10-8-16(20(15-18)28-2)9-11-21(24)22-17-6-5-7-19(14-17)29(25,26)23-12-3-4-13-23/h5-11,14-15H,3-4,12-13H2,1-2H3,(H,22,24)/b11-9+. The van der Waals surface area contributed by atoms with Crippen molar-refractivity contribution in [3.8, 4) is 11.5 Å². The maximum absolute atomic E-state index is 12.7. The normalized spacial score (nSPS) is 14.8. The van der Waals surface area contributed by atoms with Gasteiger partial charge in [0.2, 0.25) is 15.9 Å². The van der Waals surface area contributed by atoms with Crippen LogP contribution < -0.4 is 14.8 Å². The molecule has 1 aliphatic heterocycles. The van der Waals surface area contributed by atoms with Gasteiger partial charge in [0, 0.05) is 36.5 Å². The molecule has 1 fully saturated rings. The molecule has 0 bridgehead atoms. The molecule has 3 rings (SSSR count). The van der Waals surface area contributed by atoms with Gasteiger partial charge in [0.15, 0.2) is 0 Å². The van der Waals surface area contributed by atoms with E-state index in [0.29, 0.717) is 35.8 Å². The molecule has 0 aliphatic carbocycles. The molecule has 2 aromatic rings. The SMILES string of the molecule is COc1ccc(/C=C/C(=O)Nc2cccc(S(=O)(=O)N3CCCC3)c2)c(OC)c1. The van der Waals surface area contributed by atoms with Crippen LogP contribution in [-0.4, -0.2) is 45.9 Å². The molecule has 0 atom stereocenters. The van der Waals surface area contributed by atoms with Gasteiger partial charge in [-0.25, -0.2) is 8.42 Å². The topological polar surface area (TPSA) is 84.9 Å². The Bertz CT molecular complexity index is 1010. The van der Waals surface area contributed by atoms with Crippen molar-refractivity contribution in [3.05, 3.63) is 54.1 Å². The van der Waals surface area contributed by atoms with Crippen LogP contribution in [0.25, 0.3) is 6.08 Å². The molecule has 1 heterocycles. The summed E-state index contributed by atoms with van der Waals surface area (Å²) in [5.41, 5.74) is 1.13. The number of nitrogens with one attached hydrogen (secondary N) is 1. The van der Waals surface area contributed by atoms with E-state index in [1.54, 1.807) is 56.7 Å². The summed E-state index contributed by atoms with van der Waals surface area (Å²) in [4.78, 5) is 12.5. The number of carbonyl (C=O) groups excluding carboxylic acids is 1. The fraction of sp³-hybridized carbons (Fsp3) is 0.286. The predicted octanol–water partition coefficient (Wildman–Crippen LogP) is 3.14. The zero-order chi connectivity index (χ0) is 20.9. The highest BCUT2D eigenvalue weighted by Gasteiger charge is 2.27. The number of amides is 1. The van der Waals surface area contributed by atoms with Gasteiger partial charge < -0.3 is 14.8 Å². The number of benzene rings is 2. The summed E-state index contributed by atoms with van der Waals surface area (Å²) >= 11 is 0. The summed E-state index contributed by atoms with van der Waals surface area (Å²) in [6.07, 6.45) is 4.73. The van der Waals surface area contributed by atoms with Crippen LogP contribution in [-0.2, 0) is 14.8 Å². The average molecular weight is 416 g/mol. The minimum Gasteiger partial charge on any atom is -0.497 e. The minimum atomic E-state index is -3.53. The first-order valence-electron chi connectivity index (χ1n) is 9.25. The van der Waals surface area contributed by atoms with Crippen LogP contribution in [0.5, 0.6) is 11.5 Å². The van der Waals surface area contributed by atoms with Crippen LogP contribution in [0, 0.1) is 0 Å². The average Bonchev–Trinajstić information content (AvgIpc) is 3.28. The van der Waals surface area contributed by atoms with Crippen LogP contribution in [0.15, 0.2) is 53.4 Å². The van der Waals surface area contributed by atoms with Gasteiger partial charge in [-0.15, -0.1) is 0 Å². The molecule has 1 amide bonds. The molecule has 2 aromatic carbocycles. The highest BCUT2D eigenvalue weighted by atomic mass is 32.2. The van der Waals surface area contributed by atoms with Crippen molar-refractivity contribution >= 4 is 27.7 Å². The summed E-state index contributed by atoms with van der Waals surface area (Å²) in [6.45, 7) is 1.07. The van der Waals surface area contributed by atoms with E-state index in [0.717, 1.165) is 12.8 Å². The summed E-state index contributed by atoms with van der Waals surface area (Å²) in [5.74, 6) is 0.852. The molecule has 0 spiro atoms. The number of ether oxygens (including phenoxy) is 2. The van der Waals surface area contributed by atoms with E-state index < -0.39 is 10.0 Å². The van der Waals surface area contributed by atoms with Gasteiger partial charge >= 0.3 is 0 Å². The first-order valence-corrected chi connectivity index (χ1v) is 10.7. The van der Waals surface area contributed by atoms with E-state index in [9.17, 15) is 13.2 Å². The van der Waals surface area contributed by atoms with Crippen molar-refractivity contribution in [1.29, 1.82) is 0 Å². The number of sulfonamides is 1. The minimum absolute atomic E-state index is 0.179. The Morgan fingerprint density at radius 3 is 2.52 bits per heavy atom. The quantitative estimate of drug-likeness (QED) is 0.701. The maximum atomic E-state index is 12.7. The molecule has 1 N–H and O–H groups in total. The maximum Gasteiger partial charge on any atom is 0.248 e. The lowest BCUT2D eigenvalue weighted by Gasteiger charge is -2.16. The molecular weight excluding hydrogens is 392 g/mol. The Morgan fingerprint density at radius 2 is 1.83 bits per heavy atom. The smallest absolute Gasteiger partial charge is 0.248 e. The Labute approximate surface area is 171 Å². The van der Waals surface area contributed by atoms with Gasteiger partial charge in [-0.3, -0.25) is 4.79 Å². The molecule has 8 heteroatoms. The molecule has 0 aromatic heterocycles. The van der Waals surface area contributed by atoms with E-state index in [4.69, 9.17) is 9.47 Å². The zero-order valence-corrected chi connectivity index (χ0v) is 17.2. The predicted molar refractivity (Wildman–Crippen MR) is 112 cm³/mol. The monoisotopic (exact) mass is 416 g/mol. The number of rotatable bonds is 7. The Kier molecular flexibility index (Phi) is 6.56. The van der Waals surface area contributed by atoms with Gasteiger partial charge in [-0.2, -0.15) is 4.31 Å². The number of anilines is 1. The Balaban J connectivity index is 1.72. The zero-order valence-electron chi connectivity index (χ0n) is 16.4. The lowest BCUT2D eigenvalue weighted by atomic mass is 10.1. The van der Waals surface area contributed by atoms with Gasteiger partial charge in [0.05, 0.1) is 19.1 Å². The van der Waals surface area contributed by atoms with Crippen molar-refractivity contribution < 1.29 is 22.7 Å². The van der Waals surface area contributed by atoms with E-state index in [2.05, 4.69) is 5.32 Å². The summed E-state index contributed by atoms with van der Waals surface area (Å²) in [6, 6.07) is 11.6. The van der Waals surface area contributed by atoms with E-state index in [1.807, 2.05) is 0 Å². The van der Waals surface area contributed by atoms with Crippen LogP contribution in [0.3, 0.4) is 0 Å². The second-order valence-corrected chi connectivity index (χ2v) is 8.51. The first kappa shape index (κ1) is 20.9. The Morgan fingerprint density at radius 1 is 1.07 bits per heavy atom. The summed E-state index contributed by atoms with van der Waals surface area (Å²) in [7, 11) is -0.427. The highest BCUT2D eigenvalue weighted by Crippen LogP contribution is 2.26. The first-order chi connectivity index (χ1) is 13.9. The molecule has 1 saturated heterocycles. The lowest BCUT2D eigenvalue weighted by molar-refractivity contribution is -0.111. The van der Waals surface area contributed by atoms with Gasteiger partial charge in [0.1, 0.15) is 11.5 Å². The third-order valence-corrected chi connectivity index (χ3v) is 6.55. The van der Waals surface area contributed by atoms with Crippen LogP contribution in [0.2, 0.25) is 0 Å². The van der Waals surface area contributed by atoms with Gasteiger partial charge in [-0.1, -0.05) is 6.07 Å². The highest BCUT2D eigenvalue weighted by molar-refractivity contribution is 7.89. The van der Waals surface area contributed by atoms with Crippen molar-refractivity contribution in [2.24, 2.45) is 0 Å². The number of methoxy groups -OCH3 is 2. The van der Waals surface area contributed by atoms with Crippen molar-refractivity contribution in [1.82, 2.24) is 4.31 Å². The second-order valence-electron chi connectivity index (χ2n) is 6.57. The molecule has 0 unspecified atom stereocenters. The summed E-state index contributed by atoms with van der Waals surface area (Å²) < 4.78 is 37.3. The molecule has 154 valence electrons. The van der Waals surface area contributed by atoms with Crippen molar-refractivity contribution in [2.75, 3.05) is 32.6 Å². The number of nitrogens with zero attached hydrogens (tertiary/aromatic N) is 1. The number of hydrogen-bond donors (Lipinski definition) is 1. The number of carbonyl (C=O) groups is 1. The molecule has 29 heavy (non-hydrogen) atoms. The van der Waals surface area contributed by atoms with E-state index in [1.165, 1.54) is 16.4 Å². The van der Waals surface area contributed by atoms with Crippen LogP contribution in [0.4, 0.5) is 5.69 Å². The second kappa shape index (κ2) is 9.11.